The molecule has 1 aromatic rings. The van der Waals surface area contributed by atoms with Gasteiger partial charge in [-0.05, 0) is 19.9 Å². The summed E-state index contributed by atoms with van der Waals surface area (Å²) in [5.74, 6) is 0.193. The van der Waals surface area contributed by atoms with Gasteiger partial charge in [0.2, 0.25) is 0 Å². The molecule has 0 spiro atoms. The van der Waals surface area contributed by atoms with Crippen molar-refractivity contribution in [1.29, 1.82) is 0 Å². The summed E-state index contributed by atoms with van der Waals surface area (Å²) in [5.41, 5.74) is 0.822. The van der Waals surface area contributed by atoms with Crippen LogP contribution < -0.4 is 14.2 Å². The third kappa shape index (κ3) is 4.51. The topological polar surface area (TPSA) is 71.1 Å². The van der Waals surface area contributed by atoms with Gasteiger partial charge in [-0.3, -0.25) is 4.79 Å². The Hall–Kier alpha value is -2.50. The zero-order valence-corrected chi connectivity index (χ0v) is 13.4. The van der Waals surface area contributed by atoms with Crippen LogP contribution in [0.1, 0.15) is 26.3 Å². The van der Waals surface area contributed by atoms with Crippen LogP contribution in [0, 0.1) is 0 Å². The van der Waals surface area contributed by atoms with Gasteiger partial charge in [-0.1, -0.05) is 0 Å². The average Bonchev–Trinajstić information content (AvgIpc) is 2.48. The van der Waals surface area contributed by atoms with Crippen molar-refractivity contribution in [2.75, 3.05) is 20.8 Å². The van der Waals surface area contributed by atoms with Gasteiger partial charge in [-0.2, -0.15) is 0 Å². The first-order chi connectivity index (χ1) is 10.4. The predicted octanol–water partition coefficient (Wildman–Crippen LogP) is 2.60. The summed E-state index contributed by atoms with van der Waals surface area (Å²) in [7, 11) is 2.97. The minimum absolute atomic E-state index is 0.243. The third-order valence-corrected chi connectivity index (χ3v) is 2.75. The first-order valence-corrected chi connectivity index (χ1v) is 6.72. The number of hydrogen-bond donors (Lipinski definition) is 0. The summed E-state index contributed by atoms with van der Waals surface area (Å²) in [5, 5.41) is 0. The van der Waals surface area contributed by atoms with Crippen molar-refractivity contribution in [3.8, 4) is 17.2 Å². The van der Waals surface area contributed by atoms with Gasteiger partial charge in [0.1, 0.15) is 17.2 Å². The fourth-order valence-electron chi connectivity index (χ4n) is 1.77. The molecule has 0 atom stereocenters. The lowest BCUT2D eigenvalue weighted by Gasteiger charge is -2.13. The van der Waals surface area contributed by atoms with E-state index in [4.69, 9.17) is 18.9 Å². The number of ether oxygens (including phenoxy) is 4. The fraction of sp³-hybridized carbons (Fsp3) is 0.375. The highest BCUT2D eigenvalue weighted by Crippen LogP contribution is 2.36. The van der Waals surface area contributed by atoms with Crippen LogP contribution in [0.4, 0.5) is 0 Å². The minimum Gasteiger partial charge on any atom is -0.496 e. The number of carbonyl (C=O) groups excluding carboxylic acids is 2. The van der Waals surface area contributed by atoms with E-state index in [9.17, 15) is 9.59 Å². The van der Waals surface area contributed by atoms with Gasteiger partial charge in [0.15, 0.2) is 0 Å². The Bertz CT molecular complexity index is 589. The molecule has 0 heterocycles. The maximum atomic E-state index is 11.7. The minimum atomic E-state index is -0.487. The summed E-state index contributed by atoms with van der Waals surface area (Å²) in [6, 6.07) is 3.19. The van der Waals surface area contributed by atoms with Crippen molar-refractivity contribution in [1.82, 2.24) is 0 Å². The molecule has 0 N–H and O–H groups in total. The Balaban J connectivity index is 3.38. The molecule has 0 amide bonds. The van der Waals surface area contributed by atoms with Crippen LogP contribution in [0.3, 0.4) is 0 Å². The normalized spacial score (nSPS) is 10.9. The van der Waals surface area contributed by atoms with Crippen LogP contribution in [0.5, 0.6) is 17.2 Å². The summed E-state index contributed by atoms with van der Waals surface area (Å²) < 4.78 is 20.5. The van der Waals surface area contributed by atoms with E-state index in [0.29, 0.717) is 22.6 Å². The van der Waals surface area contributed by atoms with E-state index >= 15 is 0 Å². The number of rotatable bonds is 6. The molecule has 6 nitrogen and oxygen atoms in total. The van der Waals surface area contributed by atoms with Gasteiger partial charge >= 0.3 is 11.9 Å². The van der Waals surface area contributed by atoms with E-state index in [2.05, 4.69) is 0 Å². The standard InChI is InChI=1S/C16H20O6/c1-6-21-16(18)10(2)7-13-14(20-5)8-12(19-4)9-15(13)22-11(3)17/h7-9H,6H2,1-5H3/b10-7+. The van der Waals surface area contributed by atoms with Crippen molar-refractivity contribution in [3.63, 3.8) is 0 Å². The van der Waals surface area contributed by atoms with Crippen molar-refractivity contribution < 1.29 is 28.5 Å². The van der Waals surface area contributed by atoms with Crippen molar-refractivity contribution >= 4 is 18.0 Å². The number of esters is 2. The Labute approximate surface area is 129 Å². The van der Waals surface area contributed by atoms with E-state index < -0.39 is 11.9 Å². The van der Waals surface area contributed by atoms with E-state index in [-0.39, 0.29) is 12.4 Å². The molecule has 120 valence electrons. The maximum Gasteiger partial charge on any atom is 0.333 e. The molecule has 0 unspecified atom stereocenters. The van der Waals surface area contributed by atoms with Crippen molar-refractivity contribution in [2.24, 2.45) is 0 Å². The molecule has 1 rings (SSSR count). The summed E-state index contributed by atoms with van der Waals surface area (Å²) in [6.45, 7) is 4.90. The van der Waals surface area contributed by atoms with Crippen LogP contribution in [0.2, 0.25) is 0 Å². The summed E-state index contributed by atoms with van der Waals surface area (Å²) >= 11 is 0. The number of carbonyl (C=O) groups is 2. The lowest BCUT2D eigenvalue weighted by Crippen LogP contribution is -2.07. The highest BCUT2D eigenvalue weighted by molar-refractivity contribution is 5.94. The lowest BCUT2D eigenvalue weighted by molar-refractivity contribution is -0.138. The molecule has 0 radical (unpaired) electrons. The second-order valence-electron chi connectivity index (χ2n) is 4.38. The monoisotopic (exact) mass is 308 g/mol. The molecule has 0 aliphatic carbocycles. The van der Waals surface area contributed by atoms with E-state index in [1.54, 1.807) is 32.1 Å². The SMILES string of the molecule is CCOC(=O)/C(C)=C/c1c(OC)cc(OC)cc1OC(C)=O. The predicted molar refractivity (Wildman–Crippen MR) is 81.1 cm³/mol. The van der Waals surface area contributed by atoms with Gasteiger partial charge in [-0.15, -0.1) is 0 Å². The first kappa shape index (κ1) is 17.6. The van der Waals surface area contributed by atoms with E-state index in [0.717, 1.165) is 0 Å². The molecule has 6 heteroatoms. The number of methoxy groups -OCH3 is 2. The van der Waals surface area contributed by atoms with Gasteiger partial charge < -0.3 is 18.9 Å². The number of hydrogen-bond acceptors (Lipinski definition) is 6. The highest BCUT2D eigenvalue weighted by Gasteiger charge is 2.16. The Morgan fingerprint density at radius 1 is 1.09 bits per heavy atom. The van der Waals surface area contributed by atoms with Gasteiger partial charge in [0, 0.05) is 24.6 Å². The van der Waals surface area contributed by atoms with Gasteiger partial charge in [0.05, 0.1) is 26.4 Å². The Kier molecular flexibility index (Phi) is 6.44. The van der Waals surface area contributed by atoms with Crippen LogP contribution in [0.15, 0.2) is 17.7 Å². The molecular formula is C16H20O6. The second kappa shape index (κ2) is 8.07. The Morgan fingerprint density at radius 3 is 2.23 bits per heavy atom. The molecule has 0 aliphatic heterocycles. The lowest BCUT2D eigenvalue weighted by atomic mass is 10.1. The third-order valence-electron chi connectivity index (χ3n) is 2.75. The molecule has 0 bridgehead atoms. The Morgan fingerprint density at radius 2 is 1.73 bits per heavy atom. The van der Waals surface area contributed by atoms with Crippen molar-refractivity contribution in [2.45, 2.75) is 20.8 Å². The van der Waals surface area contributed by atoms with Crippen LogP contribution in [-0.4, -0.2) is 32.8 Å². The largest absolute Gasteiger partial charge is 0.496 e. The molecule has 1 aromatic carbocycles. The molecule has 0 saturated heterocycles. The second-order valence-corrected chi connectivity index (χ2v) is 4.38. The van der Waals surface area contributed by atoms with Crippen LogP contribution in [0.25, 0.3) is 6.08 Å². The quantitative estimate of drug-likeness (QED) is 0.457. The summed E-state index contributed by atoms with van der Waals surface area (Å²) in [4.78, 5) is 23.0. The fourth-order valence-corrected chi connectivity index (χ4v) is 1.77. The molecule has 0 saturated carbocycles. The molecule has 22 heavy (non-hydrogen) atoms. The highest BCUT2D eigenvalue weighted by atomic mass is 16.5. The zero-order chi connectivity index (χ0) is 16.7. The molecular weight excluding hydrogens is 288 g/mol. The zero-order valence-electron chi connectivity index (χ0n) is 13.4. The average molecular weight is 308 g/mol. The molecule has 0 fully saturated rings. The van der Waals surface area contributed by atoms with E-state index in [1.165, 1.54) is 21.1 Å². The van der Waals surface area contributed by atoms with Crippen molar-refractivity contribution in [3.05, 3.63) is 23.3 Å². The maximum absolute atomic E-state index is 11.7. The molecule has 0 aliphatic rings. The van der Waals surface area contributed by atoms with Crippen LogP contribution in [-0.2, 0) is 14.3 Å². The smallest absolute Gasteiger partial charge is 0.333 e. The van der Waals surface area contributed by atoms with Crippen LogP contribution >= 0.6 is 0 Å². The van der Waals surface area contributed by atoms with E-state index in [1.807, 2.05) is 0 Å². The summed E-state index contributed by atoms with van der Waals surface area (Å²) in [6.07, 6.45) is 1.55. The molecule has 0 aromatic heterocycles. The number of benzene rings is 1. The van der Waals surface area contributed by atoms with Gasteiger partial charge in [-0.25, -0.2) is 4.79 Å². The first-order valence-electron chi connectivity index (χ1n) is 6.72. The van der Waals surface area contributed by atoms with Gasteiger partial charge in [0.25, 0.3) is 0 Å².